The zero-order chi connectivity index (χ0) is 9.35. The third kappa shape index (κ3) is 2.18. The molecule has 0 spiro atoms. The summed E-state index contributed by atoms with van der Waals surface area (Å²) in [6.45, 7) is -0.490. The van der Waals surface area contributed by atoms with Crippen molar-refractivity contribution in [1.82, 2.24) is 0 Å². The molecule has 1 saturated carbocycles. The van der Waals surface area contributed by atoms with Crippen LogP contribution in [-0.2, 0) is 9.84 Å². The van der Waals surface area contributed by atoms with Crippen LogP contribution >= 0.6 is 0 Å². The molecule has 1 aliphatic rings. The van der Waals surface area contributed by atoms with Gasteiger partial charge in [0, 0.05) is 6.26 Å². The second-order valence-electron chi connectivity index (χ2n) is 3.38. The Bertz CT molecular complexity index is 242. The third-order valence-corrected chi connectivity index (χ3v) is 3.74. The summed E-state index contributed by atoms with van der Waals surface area (Å²) in [7, 11) is -3.32. The fraction of sp³-hybridized carbons (Fsp3) is 1.00. The van der Waals surface area contributed by atoms with Crippen LogP contribution in [0, 0.1) is 5.92 Å². The van der Waals surface area contributed by atoms with Crippen LogP contribution < -0.4 is 0 Å². The van der Waals surface area contributed by atoms with Crippen LogP contribution in [0.4, 0.5) is 0 Å². The molecule has 4 nitrogen and oxygen atoms in total. The Morgan fingerprint density at radius 3 is 2.25 bits per heavy atom. The predicted molar refractivity (Wildman–Crippen MR) is 44.4 cm³/mol. The topological polar surface area (TPSA) is 74.6 Å². The van der Waals surface area contributed by atoms with Crippen molar-refractivity contribution >= 4 is 9.84 Å². The van der Waals surface area contributed by atoms with Gasteiger partial charge in [-0.25, -0.2) is 8.42 Å². The Kier molecular flexibility index (Phi) is 2.75. The number of hydrogen-bond donors (Lipinski definition) is 2. The maximum absolute atomic E-state index is 11.0. The summed E-state index contributed by atoms with van der Waals surface area (Å²) in [5.74, 6) is 0.0804. The normalized spacial score (nSPS) is 23.6. The highest BCUT2D eigenvalue weighted by atomic mass is 32.2. The van der Waals surface area contributed by atoms with Crippen molar-refractivity contribution in [3.05, 3.63) is 0 Å². The SMILES string of the molecule is CS(=O)(=O)[C@H](CO)[C@@H](O)C1CC1. The molecule has 5 heteroatoms. The second-order valence-corrected chi connectivity index (χ2v) is 5.64. The first-order valence-electron chi connectivity index (χ1n) is 3.94. The molecule has 0 aromatic rings. The lowest BCUT2D eigenvalue weighted by Gasteiger charge is -2.18. The summed E-state index contributed by atoms with van der Waals surface area (Å²) < 4.78 is 22.0. The lowest BCUT2D eigenvalue weighted by Crippen LogP contribution is -2.37. The molecule has 0 amide bonds. The number of aliphatic hydroxyl groups is 2. The van der Waals surface area contributed by atoms with Gasteiger partial charge in [0.15, 0.2) is 9.84 Å². The molecule has 0 radical (unpaired) electrons. The van der Waals surface area contributed by atoms with Crippen molar-refractivity contribution in [1.29, 1.82) is 0 Å². The smallest absolute Gasteiger partial charge is 0.155 e. The molecular formula is C7H14O4S. The molecule has 1 aliphatic carbocycles. The number of hydrogen-bond acceptors (Lipinski definition) is 4. The van der Waals surface area contributed by atoms with E-state index in [1.54, 1.807) is 0 Å². The molecular weight excluding hydrogens is 180 g/mol. The molecule has 2 N–H and O–H groups in total. The fourth-order valence-corrected chi connectivity index (χ4v) is 2.24. The van der Waals surface area contributed by atoms with E-state index >= 15 is 0 Å². The lowest BCUT2D eigenvalue weighted by molar-refractivity contribution is 0.118. The van der Waals surface area contributed by atoms with Gasteiger partial charge in [-0.1, -0.05) is 0 Å². The molecule has 0 aromatic carbocycles. The van der Waals surface area contributed by atoms with Gasteiger partial charge < -0.3 is 10.2 Å². The van der Waals surface area contributed by atoms with Crippen LogP contribution in [0.25, 0.3) is 0 Å². The van der Waals surface area contributed by atoms with Crippen LogP contribution in [0.15, 0.2) is 0 Å². The van der Waals surface area contributed by atoms with Crippen LogP contribution in [-0.4, -0.2) is 42.8 Å². The largest absolute Gasteiger partial charge is 0.395 e. The van der Waals surface area contributed by atoms with Gasteiger partial charge in [0.2, 0.25) is 0 Å². The maximum Gasteiger partial charge on any atom is 0.155 e. The molecule has 0 aliphatic heterocycles. The van der Waals surface area contributed by atoms with E-state index in [0.29, 0.717) is 0 Å². The van der Waals surface area contributed by atoms with Gasteiger partial charge in [0.05, 0.1) is 12.7 Å². The fourth-order valence-electron chi connectivity index (χ4n) is 1.24. The van der Waals surface area contributed by atoms with Crippen LogP contribution in [0.1, 0.15) is 12.8 Å². The number of aliphatic hydroxyl groups excluding tert-OH is 2. The predicted octanol–water partition coefficient (Wildman–Crippen LogP) is -0.837. The van der Waals surface area contributed by atoms with Gasteiger partial charge in [-0.05, 0) is 18.8 Å². The summed E-state index contributed by atoms with van der Waals surface area (Å²) in [5.41, 5.74) is 0. The van der Waals surface area contributed by atoms with Gasteiger partial charge in [0.25, 0.3) is 0 Å². The molecule has 0 unspecified atom stereocenters. The Morgan fingerprint density at radius 1 is 1.50 bits per heavy atom. The molecule has 0 heterocycles. The van der Waals surface area contributed by atoms with Crippen molar-refractivity contribution < 1.29 is 18.6 Å². The summed E-state index contributed by atoms with van der Waals surface area (Å²) in [6, 6.07) is 0. The molecule has 0 bridgehead atoms. The van der Waals surface area contributed by atoms with E-state index < -0.39 is 27.8 Å². The second kappa shape index (κ2) is 3.32. The Labute approximate surface area is 72.1 Å². The highest BCUT2D eigenvalue weighted by Crippen LogP contribution is 2.35. The molecule has 1 rings (SSSR count). The third-order valence-electron chi connectivity index (χ3n) is 2.22. The minimum Gasteiger partial charge on any atom is -0.395 e. The van der Waals surface area contributed by atoms with Crippen LogP contribution in [0.5, 0.6) is 0 Å². The van der Waals surface area contributed by atoms with E-state index in [0.717, 1.165) is 19.1 Å². The monoisotopic (exact) mass is 194 g/mol. The van der Waals surface area contributed by atoms with E-state index in [1.165, 1.54) is 0 Å². The molecule has 12 heavy (non-hydrogen) atoms. The standard InChI is InChI=1S/C7H14O4S/c1-12(10,11)6(4-8)7(9)5-2-3-5/h5-9H,2-4H2,1H3/t6-,7+/m1/s1. The first kappa shape index (κ1) is 9.95. The summed E-state index contributed by atoms with van der Waals surface area (Å²) in [4.78, 5) is 0. The van der Waals surface area contributed by atoms with E-state index in [2.05, 4.69) is 0 Å². The molecule has 1 fully saturated rings. The molecule has 2 atom stereocenters. The van der Waals surface area contributed by atoms with Crippen molar-refractivity contribution in [2.45, 2.75) is 24.2 Å². The minimum absolute atomic E-state index is 0.0804. The Balaban J connectivity index is 2.67. The van der Waals surface area contributed by atoms with Crippen molar-refractivity contribution in [2.75, 3.05) is 12.9 Å². The van der Waals surface area contributed by atoms with Gasteiger partial charge in [-0.3, -0.25) is 0 Å². The van der Waals surface area contributed by atoms with Gasteiger partial charge in [-0.15, -0.1) is 0 Å². The van der Waals surface area contributed by atoms with E-state index in [-0.39, 0.29) is 5.92 Å². The average Bonchev–Trinajstić information content (AvgIpc) is 2.65. The quantitative estimate of drug-likeness (QED) is 0.612. The van der Waals surface area contributed by atoms with Crippen molar-refractivity contribution in [3.8, 4) is 0 Å². The Morgan fingerprint density at radius 2 is 2.00 bits per heavy atom. The maximum atomic E-state index is 11.0. The number of rotatable bonds is 4. The molecule has 0 aromatic heterocycles. The van der Waals surface area contributed by atoms with Crippen molar-refractivity contribution in [2.24, 2.45) is 5.92 Å². The highest BCUT2D eigenvalue weighted by molar-refractivity contribution is 7.91. The van der Waals surface area contributed by atoms with E-state index in [4.69, 9.17) is 5.11 Å². The van der Waals surface area contributed by atoms with Crippen molar-refractivity contribution in [3.63, 3.8) is 0 Å². The van der Waals surface area contributed by atoms with Crippen LogP contribution in [0.2, 0.25) is 0 Å². The van der Waals surface area contributed by atoms with Gasteiger partial charge in [0.1, 0.15) is 5.25 Å². The average molecular weight is 194 g/mol. The lowest BCUT2D eigenvalue weighted by atomic mass is 10.2. The van der Waals surface area contributed by atoms with Crippen LogP contribution in [0.3, 0.4) is 0 Å². The summed E-state index contributed by atoms with van der Waals surface area (Å²) in [6.07, 6.45) is 1.89. The number of sulfone groups is 1. The molecule has 0 saturated heterocycles. The van der Waals surface area contributed by atoms with Gasteiger partial charge >= 0.3 is 0 Å². The first-order chi connectivity index (χ1) is 5.46. The zero-order valence-corrected chi connectivity index (χ0v) is 7.79. The van der Waals surface area contributed by atoms with E-state index in [1.807, 2.05) is 0 Å². The Hall–Kier alpha value is -0.130. The summed E-state index contributed by atoms with van der Waals surface area (Å²) >= 11 is 0. The summed E-state index contributed by atoms with van der Waals surface area (Å²) in [5, 5.41) is 17.2. The zero-order valence-electron chi connectivity index (χ0n) is 6.97. The van der Waals surface area contributed by atoms with Gasteiger partial charge in [-0.2, -0.15) is 0 Å². The molecule has 72 valence electrons. The van der Waals surface area contributed by atoms with E-state index in [9.17, 15) is 13.5 Å². The first-order valence-corrected chi connectivity index (χ1v) is 5.90. The highest BCUT2D eigenvalue weighted by Gasteiger charge is 2.39. The minimum atomic E-state index is -3.32.